The van der Waals surface area contributed by atoms with Crippen molar-refractivity contribution in [3.05, 3.63) is 12.2 Å². The molecule has 0 fully saturated rings. The van der Waals surface area contributed by atoms with Gasteiger partial charge in [0.05, 0.1) is 6.10 Å². The van der Waals surface area contributed by atoms with E-state index in [4.69, 9.17) is 5.11 Å². The number of unbranched alkanes of at least 4 members (excludes halogenated alkanes) is 4. The quantitative estimate of drug-likeness (QED) is 0.459. The number of aliphatic hydroxyl groups is 1. The summed E-state index contributed by atoms with van der Waals surface area (Å²) < 4.78 is 0. The van der Waals surface area contributed by atoms with Crippen LogP contribution >= 0.6 is 0 Å². The normalized spacial score (nSPS) is 13.9. The van der Waals surface area contributed by atoms with Crippen LogP contribution in [0.15, 0.2) is 12.2 Å². The van der Waals surface area contributed by atoms with Gasteiger partial charge in [-0.2, -0.15) is 0 Å². The SMILES string of the molecule is CCCCCCC=CCC(C)O. The minimum absolute atomic E-state index is 0.183. The zero-order chi connectivity index (χ0) is 9.23. The summed E-state index contributed by atoms with van der Waals surface area (Å²) >= 11 is 0. The molecule has 1 atom stereocenters. The summed E-state index contributed by atoms with van der Waals surface area (Å²) in [4.78, 5) is 0. The number of allylic oxidation sites excluding steroid dienone is 1. The molecule has 0 aromatic rings. The topological polar surface area (TPSA) is 20.2 Å². The van der Waals surface area contributed by atoms with Crippen molar-refractivity contribution in [2.24, 2.45) is 0 Å². The zero-order valence-electron chi connectivity index (χ0n) is 8.42. The molecule has 0 aromatic carbocycles. The van der Waals surface area contributed by atoms with Gasteiger partial charge >= 0.3 is 0 Å². The van der Waals surface area contributed by atoms with E-state index in [2.05, 4.69) is 19.1 Å². The van der Waals surface area contributed by atoms with E-state index < -0.39 is 0 Å². The molecule has 1 heteroatoms. The van der Waals surface area contributed by atoms with Gasteiger partial charge in [-0.3, -0.25) is 0 Å². The summed E-state index contributed by atoms with van der Waals surface area (Å²) in [6.07, 6.45) is 11.3. The van der Waals surface area contributed by atoms with Crippen LogP contribution in [0.3, 0.4) is 0 Å². The minimum Gasteiger partial charge on any atom is -0.393 e. The first-order valence-corrected chi connectivity index (χ1v) is 5.10. The smallest absolute Gasteiger partial charge is 0.0546 e. The fourth-order valence-corrected chi connectivity index (χ4v) is 1.10. The first kappa shape index (κ1) is 11.7. The van der Waals surface area contributed by atoms with E-state index in [-0.39, 0.29) is 6.10 Å². The van der Waals surface area contributed by atoms with Crippen molar-refractivity contribution in [1.29, 1.82) is 0 Å². The fourth-order valence-electron chi connectivity index (χ4n) is 1.10. The Morgan fingerprint density at radius 3 is 2.50 bits per heavy atom. The van der Waals surface area contributed by atoms with Gasteiger partial charge in [0.25, 0.3) is 0 Å². The second-order valence-electron chi connectivity index (χ2n) is 3.41. The summed E-state index contributed by atoms with van der Waals surface area (Å²) in [6.45, 7) is 4.05. The lowest BCUT2D eigenvalue weighted by Crippen LogP contribution is -1.95. The Kier molecular flexibility index (Phi) is 8.57. The summed E-state index contributed by atoms with van der Waals surface area (Å²) in [6, 6.07) is 0. The molecule has 0 aliphatic rings. The van der Waals surface area contributed by atoms with Crippen LogP contribution in [-0.4, -0.2) is 11.2 Å². The van der Waals surface area contributed by atoms with Crippen LogP contribution in [0.25, 0.3) is 0 Å². The Balaban J connectivity index is 3.03. The molecule has 72 valence electrons. The highest BCUT2D eigenvalue weighted by Gasteiger charge is 1.88. The average molecular weight is 170 g/mol. The molecule has 0 radical (unpaired) electrons. The number of hydrogen-bond acceptors (Lipinski definition) is 1. The summed E-state index contributed by atoms with van der Waals surface area (Å²) in [5.74, 6) is 0. The monoisotopic (exact) mass is 170 g/mol. The van der Waals surface area contributed by atoms with Crippen LogP contribution in [0, 0.1) is 0 Å². The Morgan fingerprint density at radius 2 is 1.92 bits per heavy atom. The van der Waals surface area contributed by atoms with Gasteiger partial charge in [-0.25, -0.2) is 0 Å². The molecule has 0 heterocycles. The van der Waals surface area contributed by atoms with Gasteiger partial charge < -0.3 is 5.11 Å². The summed E-state index contributed by atoms with van der Waals surface area (Å²) in [5.41, 5.74) is 0. The van der Waals surface area contributed by atoms with E-state index in [0.29, 0.717) is 0 Å². The molecule has 1 nitrogen and oxygen atoms in total. The van der Waals surface area contributed by atoms with Crippen molar-refractivity contribution < 1.29 is 5.11 Å². The predicted octanol–water partition coefficient (Wildman–Crippen LogP) is 3.28. The third-order valence-corrected chi connectivity index (χ3v) is 1.87. The van der Waals surface area contributed by atoms with Gasteiger partial charge in [0.2, 0.25) is 0 Å². The van der Waals surface area contributed by atoms with E-state index in [0.717, 1.165) is 6.42 Å². The summed E-state index contributed by atoms with van der Waals surface area (Å²) in [5, 5.41) is 8.94. The lowest BCUT2D eigenvalue weighted by atomic mass is 10.1. The fraction of sp³-hybridized carbons (Fsp3) is 0.818. The average Bonchev–Trinajstić information content (AvgIpc) is 2.02. The molecule has 0 aliphatic heterocycles. The second-order valence-corrected chi connectivity index (χ2v) is 3.41. The molecular formula is C11H22O. The predicted molar refractivity (Wildman–Crippen MR) is 54.2 cm³/mol. The molecule has 1 N–H and O–H groups in total. The number of aliphatic hydroxyl groups excluding tert-OH is 1. The second kappa shape index (κ2) is 8.79. The Bertz CT molecular complexity index is 106. The maximum atomic E-state index is 8.94. The third kappa shape index (κ3) is 9.70. The summed E-state index contributed by atoms with van der Waals surface area (Å²) in [7, 11) is 0. The lowest BCUT2D eigenvalue weighted by molar-refractivity contribution is 0.198. The van der Waals surface area contributed by atoms with Crippen LogP contribution in [-0.2, 0) is 0 Å². The number of hydrogen-bond donors (Lipinski definition) is 1. The Hall–Kier alpha value is -0.300. The molecule has 0 saturated heterocycles. The lowest BCUT2D eigenvalue weighted by Gasteiger charge is -1.97. The molecule has 0 aromatic heterocycles. The molecule has 0 aliphatic carbocycles. The van der Waals surface area contributed by atoms with E-state index in [9.17, 15) is 0 Å². The molecule has 12 heavy (non-hydrogen) atoms. The van der Waals surface area contributed by atoms with E-state index in [1.165, 1.54) is 32.1 Å². The highest BCUT2D eigenvalue weighted by Crippen LogP contribution is 2.03. The van der Waals surface area contributed by atoms with E-state index in [1.807, 2.05) is 6.92 Å². The zero-order valence-corrected chi connectivity index (χ0v) is 8.42. The van der Waals surface area contributed by atoms with Gasteiger partial charge in [0.1, 0.15) is 0 Å². The molecule has 0 bridgehead atoms. The first-order chi connectivity index (χ1) is 5.77. The van der Waals surface area contributed by atoms with Crippen molar-refractivity contribution in [2.45, 2.75) is 58.5 Å². The van der Waals surface area contributed by atoms with Crippen molar-refractivity contribution in [3.8, 4) is 0 Å². The molecular weight excluding hydrogens is 148 g/mol. The molecule has 0 spiro atoms. The Labute approximate surface area is 76.5 Å². The van der Waals surface area contributed by atoms with E-state index >= 15 is 0 Å². The molecule has 1 unspecified atom stereocenters. The van der Waals surface area contributed by atoms with Crippen LogP contribution in [0.5, 0.6) is 0 Å². The van der Waals surface area contributed by atoms with Crippen molar-refractivity contribution in [1.82, 2.24) is 0 Å². The maximum absolute atomic E-state index is 8.94. The van der Waals surface area contributed by atoms with Gasteiger partial charge in [-0.1, -0.05) is 38.3 Å². The first-order valence-electron chi connectivity index (χ1n) is 5.10. The third-order valence-electron chi connectivity index (χ3n) is 1.87. The van der Waals surface area contributed by atoms with Gasteiger partial charge in [0, 0.05) is 0 Å². The van der Waals surface area contributed by atoms with Crippen molar-refractivity contribution in [2.75, 3.05) is 0 Å². The van der Waals surface area contributed by atoms with Gasteiger partial charge in [0.15, 0.2) is 0 Å². The highest BCUT2D eigenvalue weighted by atomic mass is 16.3. The van der Waals surface area contributed by atoms with Gasteiger partial charge in [-0.05, 0) is 26.2 Å². The van der Waals surface area contributed by atoms with E-state index in [1.54, 1.807) is 0 Å². The van der Waals surface area contributed by atoms with Crippen molar-refractivity contribution >= 4 is 0 Å². The largest absolute Gasteiger partial charge is 0.393 e. The molecule has 0 amide bonds. The van der Waals surface area contributed by atoms with Crippen LogP contribution in [0.1, 0.15) is 52.4 Å². The number of rotatable bonds is 7. The minimum atomic E-state index is -0.183. The maximum Gasteiger partial charge on any atom is 0.0546 e. The highest BCUT2D eigenvalue weighted by molar-refractivity contribution is 4.82. The van der Waals surface area contributed by atoms with Crippen LogP contribution < -0.4 is 0 Å². The van der Waals surface area contributed by atoms with Crippen LogP contribution in [0.4, 0.5) is 0 Å². The van der Waals surface area contributed by atoms with Crippen molar-refractivity contribution in [3.63, 3.8) is 0 Å². The molecule has 0 saturated carbocycles. The molecule has 0 rings (SSSR count). The Morgan fingerprint density at radius 1 is 1.17 bits per heavy atom. The van der Waals surface area contributed by atoms with Gasteiger partial charge in [-0.15, -0.1) is 0 Å². The standard InChI is InChI=1S/C11H22O/c1-3-4-5-6-7-8-9-10-11(2)12/h8-9,11-12H,3-7,10H2,1-2H3. The van der Waals surface area contributed by atoms with Crippen LogP contribution in [0.2, 0.25) is 0 Å².